The Morgan fingerprint density at radius 1 is 1.29 bits per heavy atom. The maximum Gasteiger partial charge on any atom is 0.0831 e. The molecule has 4 heteroatoms. The summed E-state index contributed by atoms with van der Waals surface area (Å²) in [6.07, 6.45) is 3.32. The Kier molecular flexibility index (Phi) is 4.69. The SMILES string of the molecule is Cc1ccc(Br)c(C(O)C2CCOC3(CCOCC3)C2)c1. The molecule has 0 aliphatic carbocycles. The van der Waals surface area contributed by atoms with Gasteiger partial charge < -0.3 is 14.6 Å². The largest absolute Gasteiger partial charge is 0.388 e. The normalized spacial score (nSPS) is 26.7. The van der Waals surface area contributed by atoms with E-state index in [9.17, 15) is 5.11 Å². The highest BCUT2D eigenvalue weighted by Crippen LogP contribution is 2.43. The van der Waals surface area contributed by atoms with E-state index in [-0.39, 0.29) is 11.5 Å². The third-order valence-electron chi connectivity index (χ3n) is 4.85. The van der Waals surface area contributed by atoms with Gasteiger partial charge in [0.05, 0.1) is 11.7 Å². The van der Waals surface area contributed by atoms with Gasteiger partial charge in [-0.2, -0.15) is 0 Å². The van der Waals surface area contributed by atoms with Crippen LogP contribution in [0.5, 0.6) is 0 Å². The summed E-state index contributed by atoms with van der Waals surface area (Å²) in [6.45, 7) is 4.35. The Morgan fingerprint density at radius 2 is 2.05 bits per heavy atom. The van der Waals surface area contributed by atoms with Gasteiger partial charge in [0.25, 0.3) is 0 Å². The maximum absolute atomic E-state index is 10.8. The van der Waals surface area contributed by atoms with Crippen LogP contribution in [0.2, 0.25) is 0 Å². The van der Waals surface area contributed by atoms with Gasteiger partial charge in [-0.05, 0) is 50.2 Å². The molecule has 1 aromatic rings. The van der Waals surface area contributed by atoms with Crippen LogP contribution in [0.3, 0.4) is 0 Å². The van der Waals surface area contributed by atoms with Gasteiger partial charge >= 0.3 is 0 Å². The zero-order valence-electron chi connectivity index (χ0n) is 12.5. The van der Waals surface area contributed by atoms with Gasteiger partial charge in [0.15, 0.2) is 0 Å². The molecule has 0 aromatic heterocycles. The molecule has 1 aromatic carbocycles. The first-order valence-electron chi connectivity index (χ1n) is 7.75. The summed E-state index contributed by atoms with van der Waals surface area (Å²) in [5, 5.41) is 10.8. The van der Waals surface area contributed by atoms with Gasteiger partial charge in [-0.25, -0.2) is 0 Å². The van der Waals surface area contributed by atoms with Gasteiger partial charge in [0, 0.05) is 24.3 Å². The van der Waals surface area contributed by atoms with Crippen LogP contribution < -0.4 is 0 Å². The van der Waals surface area contributed by atoms with E-state index in [0.717, 1.165) is 55.5 Å². The number of ether oxygens (including phenoxy) is 2. The molecule has 1 spiro atoms. The quantitative estimate of drug-likeness (QED) is 0.878. The molecular weight excluding hydrogens is 332 g/mol. The zero-order valence-corrected chi connectivity index (χ0v) is 14.1. The van der Waals surface area contributed by atoms with Crippen LogP contribution >= 0.6 is 15.9 Å². The second-order valence-corrected chi connectivity index (χ2v) is 7.22. The third kappa shape index (κ3) is 3.34. The summed E-state index contributed by atoms with van der Waals surface area (Å²) < 4.78 is 12.5. The summed E-state index contributed by atoms with van der Waals surface area (Å²) in [5.74, 6) is 0.259. The molecule has 21 heavy (non-hydrogen) atoms. The average molecular weight is 355 g/mol. The van der Waals surface area contributed by atoms with Crippen LogP contribution in [0.15, 0.2) is 22.7 Å². The lowest BCUT2D eigenvalue weighted by molar-refractivity contribution is -0.159. The smallest absolute Gasteiger partial charge is 0.0831 e. The first-order chi connectivity index (χ1) is 10.1. The van der Waals surface area contributed by atoms with Gasteiger partial charge in [0.2, 0.25) is 0 Å². The molecule has 2 fully saturated rings. The van der Waals surface area contributed by atoms with Crippen molar-refractivity contribution < 1.29 is 14.6 Å². The van der Waals surface area contributed by atoms with E-state index >= 15 is 0 Å². The molecule has 116 valence electrons. The molecule has 2 atom stereocenters. The maximum atomic E-state index is 10.8. The molecule has 0 radical (unpaired) electrons. The molecule has 2 unspecified atom stereocenters. The van der Waals surface area contributed by atoms with E-state index in [2.05, 4.69) is 35.0 Å². The Bertz CT molecular complexity index is 491. The van der Waals surface area contributed by atoms with E-state index in [1.54, 1.807) is 0 Å². The second-order valence-electron chi connectivity index (χ2n) is 6.37. The minimum absolute atomic E-state index is 0.0710. The van der Waals surface area contributed by atoms with E-state index in [1.165, 1.54) is 5.56 Å². The molecule has 3 rings (SSSR count). The Morgan fingerprint density at radius 3 is 2.81 bits per heavy atom. The van der Waals surface area contributed by atoms with Crippen molar-refractivity contribution in [2.45, 2.75) is 44.3 Å². The highest BCUT2D eigenvalue weighted by atomic mass is 79.9. The van der Waals surface area contributed by atoms with Crippen LogP contribution in [0.1, 0.15) is 42.9 Å². The van der Waals surface area contributed by atoms with Crippen LogP contribution in [-0.4, -0.2) is 30.5 Å². The Hall–Kier alpha value is -0.420. The van der Waals surface area contributed by atoms with E-state index in [0.29, 0.717) is 0 Å². The fraction of sp³-hybridized carbons (Fsp3) is 0.647. The van der Waals surface area contributed by atoms with E-state index < -0.39 is 6.10 Å². The number of hydrogen-bond acceptors (Lipinski definition) is 3. The van der Waals surface area contributed by atoms with Crippen molar-refractivity contribution in [2.75, 3.05) is 19.8 Å². The molecule has 0 amide bonds. The fourth-order valence-electron chi connectivity index (χ4n) is 3.57. The van der Waals surface area contributed by atoms with Gasteiger partial charge in [-0.15, -0.1) is 0 Å². The molecule has 2 aliphatic heterocycles. The van der Waals surface area contributed by atoms with Crippen molar-refractivity contribution in [3.05, 3.63) is 33.8 Å². The molecular formula is C17H23BrO3. The van der Waals surface area contributed by atoms with Crippen LogP contribution in [-0.2, 0) is 9.47 Å². The van der Waals surface area contributed by atoms with Gasteiger partial charge in [-0.1, -0.05) is 33.6 Å². The Balaban J connectivity index is 1.77. The number of benzene rings is 1. The van der Waals surface area contributed by atoms with Crippen molar-refractivity contribution in [2.24, 2.45) is 5.92 Å². The standard InChI is InChI=1S/C17H23BrO3/c1-12-2-3-15(18)14(10-12)16(19)13-4-7-21-17(11-13)5-8-20-9-6-17/h2-3,10,13,16,19H,4-9,11H2,1H3. The molecule has 1 N–H and O–H groups in total. The van der Waals surface area contributed by atoms with Crippen LogP contribution in [0.4, 0.5) is 0 Å². The first kappa shape index (κ1) is 15.5. The lowest BCUT2D eigenvalue weighted by Crippen LogP contribution is -2.45. The van der Waals surface area contributed by atoms with Crippen molar-refractivity contribution >= 4 is 15.9 Å². The zero-order chi connectivity index (χ0) is 14.9. The first-order valence-corrected chi connectivity index (χ1v) is 8.55. The number of hydrogen-bond donors (Lipinski definition) is 1. The number of halogens is 1. The van der Waals surface area contributed by atoms with Crippen molar-refractivity contribution in [3.63, 3.8) is 0 Å². The molecule has 2 saturated heterocycles. The summed E-state index contributed by atoms with van der Waals surface area (Å²) >= 11 is 3.57. The number of aliphatic hydroxyl groups is 1. The number of rotatable bonds is 2. The Labute approximate surface area is 134 Å². The number of aryl methyl sites for hydroxylation is 1. The minimum atomic E-state index is -0.428. The van der Waals surface area contributed by atoms with Crippen LogP contribution in [0, 0.1) is 12.8 Å². The topological polar surface area (TPSA) is 38.7 Å². The van der Waals surface area contributed by atoms with Crippen LogP contribution in [0.25, 0.3) is 0 Å². The van der Waals surface area contributed by atoms with E-state index in [4.69, 9.17) is 9.47 Å². The van der Waals surface area contributed by atoms with Crippen molar-refractivity contribution in [1.29, 1.82) is 0 Å². The molecule has 0 bridgehead atoms. The third-order valence-corrected chi connectivity index (χ3v) is 5.57. The van der Waals surface area contributed by atoms with E-state index in [1.807, 2.05) is 6.07 Å². The van der Waals surface area contributed by atoms with Crippen molar-refractivity contribution in [3.8, 4) is 0 Å². The number of aliphatic hydroxyl groups excluding tert-OH is 1. The summed E-state index contributed by atoms with van der Waals surface area (Å²) in [7, 11) is 0. The molecule has 2 aliphatic rings. The molecule has 2 heterocycles. The molecule has 0 saturated carbocycles. The average Bonchev–Trinajstić information content (AvgIpc) is 2.50. The monoisotopic (exact) mass is 354 g/mol. The lowest BCUT2D eigenvalue weighted by Gasteiger charge is -2.44. The summed E-state index contributed by atoms with van der Waals surface area (Å²) in [6, 6.07) is 6.17. The molecule has 3 nitrogen and oxygen atoms in total. The lowest BCUT2D eigenvalue weighted by atomic mass is 9.77. The summed E-state index contributed by atoms with van der Waals surface area (Å²) in [4.78, 5) is 0. The van der Waals surface area contributed by atoms with Crippen molar-refractivity contribution in [1.82, 2.24) is 0 Å². The fourth-order valence-corrected chi connectivity index (χ4v) is 4.05. The highest BCUT2D eigenvalue weighted by molar-refractivity contribution is 9.10. The minimum Gasteiger partial charge on any atom is -0.388 e. The van der Waals surface area contributed by atoms with Gasteiger partial charge in [0.1, 0.15) is 0 Å². The van der Waals surface area contributed by atoms with Gasteiger partial charge in [-0.3, -0.25) is 0 Å². The predicted molar refractivity (Wildman–Crippen MR) is 85.3 cm³/mol. The summed E-state index contributed by atoms with van der Waals surface area (Å²) in [5.41, 5.74) is 2.11. The second kappa shape index (κ2) is 6.37. The highest BCUT2D eigenvalue weighted by Gasteiger charge is 2.41. The predicted octanol–water partition coefficient (Wildman–Crippen LogP) is 3.77.